The Balaban J connectivity index is 2.86. The molecule has 1 rings (SSSR count). The first-order valence-electron chi connectivity index (χ1n) is 7.23. The lowest BCUT2D eigenvalue weighted by molar-refractivity contribution is -0.117. The van der Waals surface area contributed by atoms with E-state index >= 15 is 0 Å². The second kappa shape index (κ2) is 10.7. The predicted molar refractivity (Wildman–Crippen MR) is 87.2 cm³/mol. The summed E-state index contributed by atoms with van der Waals surface area (Å²) in [5.41, 5.74) is 0.597. The highest BCUT2D eigenvalue weighted by Crippen LogP contribution is 2.28. The SMILES string of the molecule is COCCCNC(=O)/C(C#N)=C/c1ccc(OCC#N)c(OC)c1. The molecule has 7 heteroatoms. The maximum absolute atomic E-state index is 12.0. The minimum Gasteiger partial charge on any atom is -0.493 e. The third kappa shape index (κ3) is 5.99. The van der Waals surface area contributed by atoms with Crippen LogP contribution in [-0.4, -0.2) is 39.9 Å². The first kappa shape index (κ1) is 19.0. The van der Waals surface area contributed by atoms with Crippen LogP contribution in [0.1, 0.15) is 12.0 Å². The highest BCUT2D eigenvalue weighted by atomic mass is 16.5. The second-order valence-corrected chi connectivity index (χ2v) is 4.63. The van der Waals surface area contributed by atoms with Crippen molar-refractivity contribution in [2.24, 2.45) is 0 Å². The van der Waals surface area contributed by atoms with Crippen molar-refractivity contribution in [3.63, 3.8) is 0 Å². The van der Waals surface area contributed by atoms with E-state index in [1.54, 1.807) is 25.3 Å². The van der Waals surface area contributed by atoms with Crippen molar-refractivity contribution in [2.75, 3.05) is 34.0 Å². The average molecular weight is 329 g/mol. The molecule has 1 aromatic carbocycles. The van der Waals surface area contributed by atoms with E-state index in [0.29, 0.717) is 36.6 Å². The van der Waals surface area contributed by atoms with Gasteiger partial charge in [-0.15, -0.1) is 0 Å². The molecule has 0 aliphatic heterocycles. The quantitative estimate of drug-likeness (QED) is 0.420. The van der Waals surface area contributed by atoms with Gasteiger partial charge in [-0.25, -0.2) is 0 Å². The van der Waals surface area contributed by atoms with Gasteiger partial charge in [-0.1, -0.05) is 6.07 Å². The maximum atomic E-state index is 12.0. The zero-order valence-electron chi connectivity index (χ0n) is 13.7. The molecule has 0 heterocycles. The Bertz CT molecular complexity index is 671. The zero-order valence-corrected chi connectivity index (χ0v) is 13.7. The molecule has 0 unspecified atom stereocenters. The van der Waals surface area contributed by atoms with Gasteiger partial charge in [-0.3, -0.25) is 4.79 Å². The molecular formula is C17H19N3O4. The summed E-state index contributed by atoms with van der Waals surface area (Å²) in [6, 6.07) is 8.67. The molecule has 0 saturated heterocycles. The van der Waals surface area contributed by atoms with E-state index in [4.69, 9.17) is 24.7 Å². The fourth-order valence-corrected chi connectivity index (χ4v) is 1.83. The average Bonchev–Trinajstić information content (AvgIpc) is 2.61. The van der Waals surface area contributed by atoms with Crippen LogP contribution in [0.3, 0.4) is 0 Å². The highest BCUT2D eigenvalue weighted by Gasteiger charge is 2.10. The van der Waals surface area contributed by atoms with Crippen LogP contribution in [0.15, 0.2) is 23.8 Å². The van der Waals surface area contributed by atoms with Crippen molar-refractivity contribution < 1.29 is 19.0 Å². The van der Waals surface area contributed by atoms with Crippen LogP contribution < -0.4 is 14.8 Å². The fourth-order valence-electron chi connectivity index (χ4n) is 1.83. The molecule has 7 nitrogen and oxygen atoms in total. The number of carbonyl (C=O) groups excluding carboxylic acids is 1. The molecule has 0 aliphatic rings. The van der Waals surface area contributed by atoms with Gasteiger partial charge in [0.2, 0.25) is 0 Å². The number of nitrogens with one attached hydrogen (secondary N) is 1. The monoisotopic (exact) mass is 329 g/mol. The first-order valence-corrected chi connectivity index (χ1v) is 7.23. The molecule has 0 fully saturated rings. The molecule has 0 atom stereocenters. The third-order valence-electron chi connectivity index (χ3n) is 2.97. The summed E-state index contributed by atoms with van der Waals surface area (Å²) in [7, 11) is 3.05. The molecule has 0 aliphatic carbocycles. The summed E-state index contributed by atoms with van der Waals surface area (Å²) < 4.78 is 15.3. The number of hydrogen-bond acceptors (Lipinski definition) is 6. The molecule has 0 saturated carbocycles. The third-order valence-corrected chi connectivity index (χ3v) is 2.97. The molecule has 0 radical (unpaired) electrons. The van der Waals surface area contributed by atoms with Gasteiger partial charge < -0.3 is 19.5 Å². The molecule has 126 valence electrons. The summed E-state index contributed by atoms with van der Waals surface area (Å²) >= 11 is 0. The summed E-state index contributed by atoms with van der Waals surface area (Å²) in [5.74, 6) is 0.382. The van der Waals surface area contributed by atoms with E-state index in [1.807, 2.05) is 12.1 Å². The molecule has 0 spiro atoms. The topological polar surface area (TPSA) is 104 Å². The molecule has 24 heavy (non-hydrogen) atoms. The number of amides is 1. The number of methoxy groups -OCH3 is 2. The van der Waals surface area contributed by atoms with Gasteiger partial charge in [-0.2, -0.15) is 10.5 Å². The molecule has 1 amide bonds. The lowest BCUT2D eigenvalue weighted by Crippen LogP contribution is -2.26. The minimum absolute atomic E-state index is 0.0137. The number of rotatable bonds is 9. The number of nitriles is 2. The van der Waals surface area contributed by atoms with E-state index in [9.17, 15) is 4.79 Å². The number of benzene rings is 1. The fraction of sp³-hybridized carbons (Fsp3) is 0.353. The van der Waals surface area contributed by atoms with Crippen molar-refractivity contribution in [1.82, 2.24) is 5.32 Å². The highest BCUT2D eigenvalue weighted by molar-refractivity contribution is 6.01. The second-order valence-electron chi connectivity index (χ2n) is 4.63. The van der Waals surface area contributed by atoms with Crippen LogP contribution in [0, 0.1) is 22.7 Å². The lowest BCUT2D eigenvalue weighted by atomic mass is 10.1. The van der Waals surface area contributed by atoms with E-state index in [1.165, 1.54) is 13.2 Å². The standard InChI is InChI=1S/C17H19N3O4/c1-22-8-3-7-20-17(21)14(12-19)10-13-4-5-15(24-9-6-18)16(11-13)23-2/h4-5,10-11H,3,7-9H2,1-2H3,(H,20,21)/b14-10+. The maximum Gasteiger partial charge on any atom is 0.261 e. The Morgan fingerprint density at radius 1 is 1.29 bits per heavy atom. The number of ether oxygens (including phenoxy) is 3. The van der Waals surface area contributed by atoms with Crippen LogP contribution in [0.5, 0.6) is 11.5 Å². The normalized spacial score (nSPS) is 10.4. The van der Waals surface area contributed by atoms with E-state index < -0.39 is 5.91 Å². The van der Waals surface area contributed by atoms with Crippen LogP contribution in [0.25, 0.3) is 6.08 Å². The van der Waals surface area contributed by atoms with Gasteiger partial charge >= 0.3 is 0 Å². The number of hydrogen-bond donors (Lipinski definition) is 1. The van der Waals surface area contributed by atoms with Crippen LogP contribution >= 0.6 is 0 Å². The Morgan fingerprint density at radius 2 is 2.08 bits per heavy atom. The Kier molecular flexibility index (Phi) is 8.44. The smallest absolute Gasteiger partial charge is 0.261 e. The molecule has 1 N–H and O–H groups in total. The lowest BCUT2D eigenvalue weighted by Gasteiger charge is -2.09. The van der Waals surface area contributed by atoms with Crippen molar-refractivity contribution in [2.45, 2.75) is 6.42 Å². The molecule has 0 bridgehead atoms. The Hall–Kier alpha value is -3.03. The Morgan fingerprint density at radius 3 is 2.71 bits per heavy atom. The number of carbonyl (C=O) groups is 1. The zero-order chi connectivity index (χ0) is 17.8. The van der Waals surface area contributed by atoms with Crippen LogP contribution in [0.2, 0.25) is 0 Å². The minimum atomic E-state index is -0.447. The summed E-state index contributed by atoms with van der Waals surface area (Å²) in [6.45, 7) is 0.863. The van der Waals surface area contributed by atoms with Crippen molar-refractivity contribution in [3.8, 4) is 23.6 Å². The van der Waals surface area contributed by atoms with E-state index in [-0.39, 0.29) is 12.2 Å². The van der Waals surface area contributed by atoms with Crippen molar-refractivity contribution >= 4 is 12.0 Å². The van der Waals surface area contributed by atoms with E-state index in [0.717, 1.165) is 0 Å². The van der Waals surface area contributed by atoms with Crippen molar-refractivity contribution in [1.29, 1.82) is 10.5 Å². The molecule has 0 aromatic heterocycles. The van der Waals surface area contributed by atoms with Gasteiger partial charge in [0.15, 0.2) is 18.1 Å². The summed E-state index contributed by atoms with van der Waals surface area (Å²) in [6.07, 6.45) is 2.13. The van der Waals surface area contributed by atoms with Crippen LogP contribution in [-0.2, 0) is 9.53 Å². The van der Waals surface area contributed by atoms with Crippen LogP contribution in [0.4, 0.5) is 0 Å². The van der Waals surface area contributed by atoms with Gasteiger partial charge in [0.25, 0.3) is 5.91 Å². The van der Waals surface area contributed by atoms with E-state index in [2.05, 4.69) is 5.32 Å². The largest absolute Gasteiger partial charge is 0.493 e. The molecule has 1 aromatic rings. The Labute approximate surface area is 141 Å². The first-order chi connectivity index (χ1) is 11.7. The van der Waals surface area contributed by atoms with Gasteiger partial charge in [0.1, 0.15) is 17.7 Å². The van der Waals surface area contributed by atoms with Gasteiger partial charge in [0.05, 0.1) is 7.11 Å². The predicted octanol–water partition coefficient (Wildman–Crippen LogP) is 1.66. The molecular weight excluding hydrogens is 310 g/mol. The van der Waals surface area contributed by atoms with Crippen molar-refractivity contribution in [3.05, 3.63) is 29.3 Å². The van der Waals surface area contributed by atoms with Gasteiger partial charge in [-0.05, 0) is 30.2 Å². The van der Waals surface area contributed by atoms with Gasteiger partial charge in [0, 0.05) is 20.3 Å². The number of nitrogens with zero attached hydrogens (tertiary/aromatic N) is 2. The summed E-state index contributed by atoms with van der Waals surface area (Å²) in [5, 5.41) is 20.4. The summed E-state index contributed by atoms with van der Waals surface area (Å²) in [4.78, 5) is 12.0.